The normalized spacial score (nSPS) is 19.9. The summed E-state index contributed by atoms with van der Waals surface area (Å²) in [6.45, 7) is 0. The van der Waals surface area contributed by atoms with Gasteiger partial charge in [0.05, 0.1) is 4.90 Å². The third kappa shape index (κ3) is 4.62. The maximum absolute atomic E-state index is 12.5. The van der Waals surface area contributed by atoms with Crippen LogP contribution in [0.1, 0.15) is 25.7 Å². The van der Waals surface area contributed by atoms with Gasteiger partial charge in [-0.25, -0.2) is 8.42 Å². The van der Waals surface area contributed by atoms with E-state index in [1.807, 2.05) is 6.07 Å². The monoisotopic (exact) mass is 373 g/mol. The summed E-state index contributed by atoms with van der Waals surface area (Å²) >= 11 is 0. The highest BCUT2D eigenvalue weighted by Gasteiger charge is 2.26. The van der Waals surface area contributed by atoms with Gasteiger partial charge in [-0.05, 0) is 49.1 Å². The van der Waals surface area contributed by atoms with Crippen LogP contribution in [0.15, 0.2) is 59.5 Å². The third-order valence-corrected chi connectivity index (χ3v) is 6.00. The van der Waals surface area contributed by atoms with Gasteiger partial charge in [-0.1, -0.05) is 30.7 Å². The summed E-state index contributed by atoms with van der Waals surface area (Å²) in [6.07, 6.45) is 3.33. The summed E-state index contributed by atoms with van der Waals surface area (Å²) in [4.78, 5) is 12.3. The molecule has 1 aliphatic rings. The van der Waals surface area contributed by atoms with Crippen LogP contribution in [0.2, 0.25) is 0 Å². The molecule has 3 rings (SSSR count). The molecule has 0 radical (unpaired) electrons. The molecule has 0 unspecified atom stereocenters. The Morgan fingerprint density at radius 3 is 2.46 bits per heavy atom. The first kappa shape index (κ1) is 18.4. The number of carbonyl (C=O) groups excluding carboxylic acids is 1. The smallest absolute Gasteiger partial charge is 0.261 e. The van der Waals surface area contributed by atoms with E-state index >= 15 is 0 Å². The quantitative estimate of drug-likeness (QED) is 0.724. The van der Waals surface area contributed by atoms with Crippen molar-refractivity contribution in [3.63, 3.8) is 0 Å². The lowest BCUT2D eigenvalue weighted by atomic mass is 10.00. The Hall–Kier alpha value is -2.38. The van der Waals surface area contributed by atoms with E-state index in [4.69, 9.17) is 5.73 Å². The average molecular weight is 373 g/mol. The molecule has 138 valence electrons. The van der Waals surface area contributed by atoms with E-state index in [1.54, 1.807) is 36.4 Å². The maximum Gasteiger partial charge on any atom is 0.261 e. The fourth-order valence-electron chi connectivity index (χ4n) is 3.23. The van der Waals surface area contributed by atoms with E-state index < -0.39 is 10.0 Å². The Kier molecular flexibility index (Phi) is 5.58. The molecule has 0 aromatic heterocycles. The number of sulfonamides is 1. The summed E-state index contributed by atoms with van der Waals surface area (Å²) in [5.74, 6) is 0.0552. The zero-order valence-electron chi connectivity index (χ0n) is 14.4. The van der Waals surface area contributed by atoms with E-state index in [9.17, 15) is 13.2 Å². The minimum Gasteiger partial charge on any atom is -0.327 e. The third-order valence-electron chi connectivity index (χ3n) is 4.62. The van der Waals surface area contributed by atoms with Crippen LogP contribution < -0.4 is 15.8 Å². The van der Waals surface area contributed by atoms with Crippen molar-refractivity contribution in [1.82, 2.24) is 0 Å². The second-order valence-electron chi connectivity index (χ2n) is 6.61. The standard InChI is InChI=1S/C19H23N3O3S/c20-18-11-4-6-14(18)12-19(23)21-16-9-5-10-17(13-16)26(24,25)22-15-7-2-1-3-8-15/h1-3,5,7-10,13-14,18,22H,4,6,11-12,20H2,(H,21,23)/t14-,18+/m0/s1. The van der Waals surface area contributed by atoms with Gasteiger partial charge in [-0.3, -0.25) is 9.52 Å². The number of nitrogens with two attached hydrogens (primary N) is 1. The second-order valence-corrected chi connectivity index (χ2v) is 8.29. The number of hydrogen-bond acceptors (Lipinski definition) is 4. The van der Waals surface area contributed by atoms with Gasteiger partial charge in [0.1, 0.15) is 0 Å². The van der Waals surface area contributed by atoms with Gasteiger partial charge in [0, 0.05) is 23.8 Å². The number of anilines is 2. The lowest BCUT2D eigenvalue weighted by Gasteiger charge is -2.15. The highest BCUT2D eigenvalue weighted by Crippen LogP contribution is 2.27. The van der Waals surface area contributed by atoms with Crippen LogP contribution in [0, 0.1) is 5.92 Å². The number of hydrogen-bond donors (Lipinski definition) is 3. The Morgan fingerprint density at radius 2 is 1.77 bits per heavy atom. The number of para-hydroxylation sites is 1. The van der Waals surface area contributed by atoms with Crippen molar-refractivity contribution in [1.29, 1.82) is 0 Å². The molecule has 0 spiro atoms. The molecule has 2 aromatic carbocycles. The first-order valence-corrected chi connectivity index (χ1v) is 10.2. The Labute approximate surface area is 153 Å². The molecule has 1 aliphatic carbocycles. The molecule has 26 heavy (non-hydrogen) atoms. The van der Waals surface area contributed by atoms with Crippen LogP contribution in [-0.2, 0) is 14.8 Å². The summed E-state index contributed by atoms with van der Waals surface area (Å²) in [6, 6.07) is 15.0. The minimum atomic E-state index is -3.72. The van der Waals surface area contributed by atoms with Crippen molar-refractivity contribution in [2.75, 3.05) is 10.0 Å². The molecule has 2 aromatic rings. The molecular weight excluding hydrogens is 350 g/mol. The van der Waals surface area contributed by atoms with Crippen molar-refractivity contribution in [2.24, 2.45) is 11.7 Å². The number of amides is 1. The van der Waals surface area contributed by atoms with Gasteiger partial charge in [0.2, 0.25) is 5.91 Å². The lowest BCUT2D eigenvalue weighted by Crippen LogP contribution is -2.28. The zero-order valence-corrected chi connectivity index (χ0v) is 15.2. The molecule has 1 saturated carbocycles. The molecule has 6 nitrogen and oxygen atoms in total. The predicted octanol–water partition coefficient (Wildman–Crippen LogP) is 2.94. The molecule has 2 atom stereocenters. The summed E-state index contributed by atoms with van der Waals surface area (Å²) in [7, 11) is -3.72. The average Bonchev–Trinajstić information content (AvgIpc) is 3.00. The highest BCUT2D eigenvalue weighted by molar-refractivity contribution is 7.92. The molecule has 0 aliphatic heterocycles. The molecule has 4 N–H and O–H groups in total. The van der Waals surface area contributed by atoms with Crippen LogP contribution in [0.3, 0.4) is 0 Å². The van der Waals surface area contributed by atoms with Gasteiger partial charge in [0.25, 0.3) is 10.0 Å². The first-order valence-electron chi connectivity index (χ1n) is 8.67. The second kappa shape index (κ2) is 7.88. The van der Waals surface area contributed by atoms with Gasteiger partial charge < -0.3 is 11.1 Å². The number of nitrogens with one attached hydrogen (secondary N) is 2. The van der Waals surface area contributed by atoms with Gasteiger partial charge in [-0.2, -0.15) is 0 Å². The number of rotatable bonds is 6. The van der Waals surface area contributed by atoms with Crippen LogP contribution in [0.25, 0.3) is 0 Å². The van der Waals surface area contributed by atoms with Crippen LogP contribution >= 0.6 is 0 Å². The fraction of sp³-hybridized carbons (Fsp3) is 0.316. The van der Waals surface area contributed by atoms with E-state index in [0.717, 1.165) is 19.3 Å². The van der Waals surface area contributed by atoms with Crippen molar-refractivity contribution >= 4 is 27.3 Å². The van der Waals surface area contributed by atoms with E-state index in [2.05, 4.69) is 10.0 Å². The maximum atomic E-state index is 12.5. The SMILES string of the molecule is N[C@@H]1CCC[C@H]1CC(=O)Nc1cccc(S(=O)(=O)Nc2ccccc2)c1. The van der Waals surface area contributed by atoms with E-state index in [1.165, 1.54) is 12.1 Å². The van der Waals surface area contributed by atoms with Gasteiger partial charge >= 0.3 is 0 Å². The predicted molar refractivity (Wildman–Crippen MR) is 102 cm³/mol. The largest absolute Gasteiger partial charge is 0.327 e. The molecule has 0 heterocycles. The Bertz CT molecular complexity index is 869. The van der Waals surface area contributed by atoms with Gasteiger partial charge in [-0.15, -0.1) is 0 Å². The van der Waals surface area contributed by atoms with E-state index in [0.29, 0.717) is 17.8 Å². The van der Waals surface area contributed by atoms with Crippen LogP contribution in [0.4, 0.5) is 11.4 Å². The molecule has 1 fully saturated rings. The first-order chi connectivity index (χ1) is 12.4. The fourth-order valence-corrected chi connectivity index (χ4v) is 4.33. The Morgan fingerprint density at radius 1 is 1.04 bits per heavy atom. The van der Waals surface area contributed by atoms with Crippen molar-refractivity contribution < 1.29 is 13.2 Å². The van der Waals surface area contributed by atoms with Crippen molar-refractivity contribution in [2.45, 2.75) is 36.6 Å². The van der Waals surface area contributed by atoms with Crippen LogP contribution in [-0.4, -0.2) is 20.4 Å². The zero-order chi connectivity index (χ0) is 18.6. The lowest BCUT2D eigenvalue weighted by molar-refractivity contribution is -0.117. The summed E-state index contributed by atoms with van der Waals surface area (Å²) < 4.78 is 27.6. The molecule has 0 bridgehead atoms. The van der Waals surface area contributed by atoms with Crippen LogP contribution in [0.5, 0.6) is 0 Å². The highest BCUT2D eigenvalue weighted by atomic mass is 32.2. The molecule has 0 saturated heterocycles. The Balaban J connectivity index is 1.68. The summed E-state index contributed by atoms with van der Waals surface area (Å²) in [5.41, 5.74) is 6.95. The molecule has 7 heteroatoms. The van der Waals surface area contributed by atoms with E-state index in [-0.39, 0.29) is 22.8 Å². The summed E-state index contributed by atoms with van der Waals surface area (Å²) in [5, 5.41) is 2.78. The van der Waals surface area contributed by atoms with Gasteiger partial charge in [0.15, 0.2) is 0 Å². The van der Waals surface area contributed by atoms with Crippen molar-refractivity contribution in [3.05, 3.63) is 54.6 Å². The van der Waals surface area contributed by atoms with Crippen molar-refractivity contribution in [3.8, 4) is 0 Å². The molecule has 1 amide bonds. The molecular formula is C19H23N3O3S. The number of benzene rings is 2. The topological polar surface area (TPSA) is 101 Å². The number of carbonyl (C=O) groups is 1. The minimum absolute atomic E-state index is 0.0718.